The van der Waals surface area contributed by atoms with Gasteiger partial charge in [-0.1, -0.05) is 42.5 Å². The summed E-state index contributed by atoms with van der Waals surface area (Å²) >= 11 is 0. The largest absolute Gasteiger partial charge is 0.497 e. The zero-order valence-corrected chi connectivity index (χ0v) is 16.6. The summed E-state index contributed by atoms with van der Waals surface area (Å²) in [7, 11) is 1.67. The highest BCUT2D eigenvalue weighted by molar-refractivity contribution is 5.64. The van der Waals surface area contributed by atoms with Gasteiger partial charge >= 0.3 is 0 Å². The van der Waals surface area contributed by atoms with E-state index in [2.05, 4.69) is 27.8 Å². The molecule has 2 heterocycles. The van der Waals surface area contributed by atoms with Gasteiger partial charge in [-0.3, -0.25) is 0 Å². The summed E-state index contributed by atoms with van der Waals surface area (Å²) in [5.74, 6) is 2.24. The fourth-order valence-corrected chi connectivity index (χ4v) is 3.32. The smallest absolute Gasteiger partial charge is 0.225 e. The summed E-state index contributed by atoms with van der Waals surface area (Å²) in [6.45, 7) is 2.22. The van der Waals surface area contributed by atoms with Gasteiger partial charge in [-0.15, -0.1) is 0 Å². The first-order chi connectivity index (χ1) is 14.3. The average molecular weight is 390 g/mol. The first kappa shape index (κ1) is 19.2. The number of hydrogen-bond donors (Lipinski definition) is 2. The topological polar surface area (TPSA) is 68.3 Å². The molecule has 6 heteroatoms. The predicted octanol–water partition coefficient (Wildman–Crippen LogP) is 4.36. The van der Waals surface area contributed by atoms with Gasteiger partial charge in [0, 0.05) is 31.3 Å². The van der Waals surface area contributed by atoms with E-state index >= 15 is 0 Å². The Hall–Kier alpha value is -3.12. The molecule has 1 aliphatic rings. The van der Waals surface area contributed by atoms with Crippen LogP contribution in [0.1, 0.15) is 18.4 Å². The minimum Gasteiger partial charge on any atom is -0.497 e. The second kappa shape index (κ2) is 9.39. The molecule has 1 atom stereocenters. The Morgan fingerprint density at radius 1 is 1.03 bits per heavy atom. The second-order valence-corrected chi connectivity index (χ2v) is 7.05. The zero-order chi connectivity index (χ0) is 19.9. The number of rotatable bonds is 8. The van der Waals surface area contributed by atoms with Crippen molar-refractivity contribution >= 4 is 11.8 Å². The Kier molecular flexibility index (Phi) is 6.22. The minimum atomic E-state index is 0.231. The van der Waals surface area contributed by atoms with Crippen LogP contribution in [0.25, 0.3) is 11.3 Å². The van der Waals surface area contributed by atoms with E-state index in [1.807, 2.05) is 48.5 Å². The van der Waals surface area contributed by atoms with E-state index in [9.17, 15) is 0 Å². The van der Waals surface area contributed by atoms with Crippen molar-refractivity contribution in [1.82, 2.24) is 9.97 Å². The molecule has 0 spiro atoms. The molecule has 2 N–H and O–H groups in total. The normalized spacial score (nSPS) is 15.8. The molecule has 1 unspecified atom stereocenters. The molecule has 0 bridgehead atoms. The van der Waals surface area contributed by atoms with E-state index in [0.717, 1.165) is 54.4 Å². The summed E-state index contributed by atoms with van der Waals surface area (Å²) in [4.78, 5) is 9.36. The van der Waals surface area contributed by atoms with Crippen molar-refractivity contribution in [2.45, 2.75) is 25.5 Å². The summed E-state index contributed by atoms with van der Waals surface area (Å²) in [5.41, 5.74) is 3.09. The average Bonchev–Trinajstić information content (AvgIpc) is 3.31. The van der Waals surface area contributed by atoms with Crippen LogP contribution in [0.15, 0.2) is 60.7 Å². The molecule has 0 saturated carbocycles. The summed E-state index contributed by atoms with van der Waals surface area (Å²) in [5, 5.41) is 6.76. The highest BCUT2D eigenvalue weighted by Gasteiger charge is 2.16. The van der Waals surface area contributed by atoms with Crippen LogP contribution in [0.3, 0.4) is 0 Å². The molecular formula is C23H26N4O2. The van der Waals surface area contributed by atoms with Crippen molar-refractivity contribution in [3.63, 3.8) is 0 Å². The maximum absolute atomic E-state index is 5.70. The van der Waals surface area contributed by atoms with Gasteiger partial charge < -0.3 is 20.1 Å². The van der Waals surface area contributed by atoms with Gasteiger partial charge in [0.05, 0.1) is 18.9 Å². The molecule has 0 radical (unpaired) electrons. The SMILES string of the molecule is COc1ccc(CNc2cc(-c3ccccc3)nc(NCC3CCCO3)n2)cc1. The third-order valence-corrected chi connectivity index (χ3v) is 4.94. The van der Waals surface area contributed by atoms with Crippen LogP contribution in [0.5, 0.6) is 5.75 Å². The Morgan fingerprint density at radius 2 is 1.86 bits per heavy atom. The lowest BCUT2D eigenvalue weighted by atomic mass is 10.1. The Bertz CT molecular complexity index is 910. The number of aromatic nitrogens is 2. The molecule has 29 heavy (non-hydrogen) atoms. The van der Waals surface area contributed by atoms with E-state index < -0.39 is 0 Å². The number of nitrogens with one attached hydrogen (secondary N) is 2. The second-order valence-electron chi connectivity index (χ2n) is 7.05. The number of anilines is 2. The van der Waals surface area contributed by atoms with Crippen LogP contribution in [-0.4, -0.2) is 36.3 Å². The van der Waals surface area contributed by atoms with Gasteiger partial charge in [-0.05, 0) is 30.5 Å². The van der Waals surface area contributed by atoms with E-state index in [1.54, 1.807) is 7.11 Å². The molecular weight excluding hydrogens is 364 g/mol. The number of ether oxygens (including phenoxy) is 2. The van der Waals surface area contributed by atoms with Crippen molar-refractivity contribution < 1.29 is 9.47 Å². The van der Waals surface area contributed by atoms with Crippen molar-refractivity contribution in [3.05, 3.63) is 66.2 Å². The molecule has 4 rings (SSSR count). The van der Waals surface area contributed by atoms with E-state index in [-0.39, 0.29) is 6.10 Å². The third kappa shape index (κ3) is 5.23. The summed E-state index contributed by atoms with van der Waals surface area (Å²) < 4.78 is 10.9. The van der Waals surface area contributed by atoms with Gasteiger partial charge in [0.25, 0.3) is 0 Å². The standard InChI is InChI=1S/C23H26N4O2/c1-28-19-11-9-17(10-12-19)15-24-22-14-21(18-6-3-2-4-7-18)26-23(27-22)25-16-20-8-5-13-29-20/h2-4,6-7,9-12,14,20H,5,8,13,15-16H2,1H3,(H2,24,25,26,27). The molecule has 3 aromatic rings. The molecule has 0 amide bonds. The van der Waals surface area contributed by atoms with Crippen LogP contribution >= 0.6 is 0 Å². The van der Waals surface area contributed by atoms with Crippen molar-refractivity contribution in [2.75, 3.05) is 30.9 Å². The van der Waals surface area contributed by atoms with Crippen LogP contribution in [-0.2, 0) is 11.3 Å². The van der Waals surface area contributed by atoms with Gasteiger partial charge in [0.1, 0.15) is 11.6 Å². The first-order valence-corrected chi connectivity index (χ1v) is 9.97. The van der Waals surface area contributed by atoms with Crippen molar-refractivity contribution in [3.8, 4) is 17.0 Å². The molecule has 0 aliphatic carbocycles. The molecule has 1 aromatic heterocycles. The van der Waals surface area contributed by atoms with Crippen LogP contribution < -0.4 is 15.4 Å². The summed E-state index contributed by atoms with van der Waals surface area (Å²) in [6, 6.07) is 20.1. The van der Waals surface area contributed by atoms with Gasteiger partial charge in [0.2, 0.25) is 5.95 Å². The number of methoxy groups -OCH3 is 1. The quantitative estimate of drug-likeness (QED) is 0.596. The van der Waals surface area contributed by atoms with Crippen LogP contribution in [0.2, 0.25) is 0 Å². The highest BCUT2D eigenvalue weighted by Crippen LogP contribution is 2.22. The lowest BCUT2D eigenvalue weighted by molar-refractivity contribution is 0.120. The first-order valence-electron chi connectivity index (χ1n) is 9.97. The fourth-order valence-electron chi connectivity index (χ4n) is 3.32. The van der Waals surface area contributed by atoms with E-state index in [1.165, 1.54) is 0 Å². The maximum atomic E-state index is 5.70. The summed E-state index contributed by atoms with van der Waals surface area (Å²) in [6.07, 6.45) is 2.43. The minimum absolute atomic E-state index is 0.231. The van der Waals surface area contributed by atoms with Crippen molar-refractivity contribution in [1.29, 1.82) is 0 Å². The van der Waals surface area contributed by atoms with E-state index in [4.69, 9.17) is 14.5 Å². The zero-order valence-electron chi connectivity index (χ0n) is 16.6. The Morgan fingerprint density at radius 3 is 2.59 bits per heavy atom. The highest BCUT2D eigenvalue weighted by atomic mass is 16.5. The molecule has 2 aromatic carbocycles. The van der Waals surface area contributed by atoms with Crippen LogP contribution in [0, 0.1) is 0 Å². The molecule has 6 nitrogen and oxygen atoms in total. The monoisotopic (exact) mass is 390 g/mol. The van der Waals surface area contributed by atoms with Crippen LogP contribution in [0.4, 0.5) is 11.8 Å². The van der Waals surface area contributed by atoms with Gasteiger partial charge in [-0.2, -0.15) is 4.98 Å². The molecule has 1 aliphatic heterocycles. The Balaban J connectivity index is 1.51. The maximum Gasteiger partial charge on any atom is 0.225 e. The van der Waals surface area contributed by atoms with E-state index in [0.29, 0.717) is 12.5 Å². The lowest BCUT2D eigenvalue weighted by Gasteiger charge is -2.14. The fraction of sp³-hybridized carbons (Fsp3) is 0.304. The third-order valence-electron chi connectivity index (χ3n) is 4.94. The Labute approximate surface area is 171 Å². The number of benzene rings is 2. The van der Waals surface area contributed by atoms with Gasteiger partial charge in [-0.25, -0.2) is 4.98 Å². The number of hydrogen-bond acceptors (Lipinski definition) is 6. The van der Waals surface area contributed by atoms with Crippen molar-refractivity contribution in [2.24, 2.45) is 0 Å². The molecule has 1 saturated heterocycles. The number of nitrogens with zero attached hydrogens (tertiary/aromatic N) is 2. The lowest BCUT2D eigenvalue weighted by Crippen LogP contribution is -2.20. The van der Waals surface area contributed by atoms with Gasteiger partial charge in [0.15, 0.2) is 0 Å². The predicted molar refractivity (Wildman–Crippen MR) is 115 cm³/mol. The molecule has 1 fully saturated rings. The molecule has 150 valence electrons.